The number of benzene rings is 2. The normalized spacial score (nSPS) is 18.2. The van der Waals surface area contributed by atoms with Crippen LogP contribution in [-0.2, 0) is 19.7 Å². The van der Waals surface area contributed by atoms with Gasteiger partial charge in [0.1, 0.15) is 24.0 Å². The molecule has 3 aromatic rings. The zero-order valence-electron chi connectivity index (χ0n) is 21.9. The molecule has 2 aromatic carbocycles. The molecule has 7 nitrogen and oxygen atoms in total. The summed E-state index contributed by atoms with van der Waals surface area (Å²) in [6, 6.07) is 10.5. The van der Waals surface area contributed by atoms with E-state index in [9.17, 15) is 14.0 Å². The molecule has 1 aromatic heterocycles. The Morgan fingerprint density at radius 3 is 2.56 bits per heavy atom. The summed E-state index contributed by atoms with van der Waals surface area (Å²) in [6.45, 7) is 7.48. The van der Waals surface area contributed by atoms with Gasteiger partial charge in [-0.1, -0.05) is 44.5 Å². The summed E-state index contributed by atoms with van der Waals surface area (Å²) in [4.78, 5) is 30.2. The van der Waals surface area contributed by atoms with E-state index in [1.165, 1.54) is 28.8 Å². The van der Waals surface area contributed by atoms with Gasteiger partial charge in [0, 0.05) is 40.7 Å². The van der Waals surface area contributed by atoms with E-state index in [4.69, 9.17) is 21.4 Å². The smallest absolute Gasteiger partial charge is 0.242 e. The van der Waals surface area contributed by atoms with E-state index in [1.54, 1.807) is 27.8 Å². The molecule has 1 saturated heterocycles. The minimum absolute atomic E-state index is 0.00825. The fourth-order valence-electron chi connectivity index (χ4n) is 4.87. The van der Waals surface area contributed by atoms with Crippen LogP contribution in [0.4, 0.5) is 14.6 Å². The summed E-state index contributed by atoms with van der Waals surface area (Å²) in [6.07, 6.45) is 0. The second-order valence-corrected chi connectivity index (χ2v) is 12.1. The van der Waals surface area contributed by atoms with E-state index < -0.39 is 22.3 Å². The van der Waals surface area contributed by atoms with E-state index >= 15 is 4.39 Å². The van der Waals surface area contributed by atoms with Crippen molar-refractivity contribution in [1.29, 1.82) is 0 Å². The van der Waals surface area contributed by atoms with Crippen LogP contribution >= 0.6 is 23.4 Å². The molecule has 1 unspecified atom stereocenters. The predicted molar refractivity (Wildman–Crippen MR) is 148 cm³/mol. The summed E-state index contributed by atoms with van der Waals surface area (Å²) in [5.41, 5.74) is 1.57. The lowest BCUT2D eigenvalue weighted by Gasteiger charge is -2.30. The topological polar surface area (TPSA) is 67.7 Å². The zero-order chi connectivity index (χ0) is 27.9. The number of carbonyl (C=O) groups is 2. The van der Waals surface area contributed by atoms with Gasteiger partial charge in [-0.15, -0.1) is 11.8 Å². The Morgan fingerprint density at radius 2 is 1.90 bits per heavy atom. The minimum atomic E-state index is -0.709. The maximum Gasteiger partial charge on any atom is 0.242 e. The van der Waals surface area contributed by atoms with Gasteiger partial charge in [-0.2, -0.15) is 5.10 Å². The van der Waals surface area contributed by atoms with Crippen molar-refractivity contribution in [2.75, 3.05) is 43.5 Å². The number of aromatic nitrogens is 2. The molecule has 3 heterocycles. The molecule has 0 N–H and O–H groups in total. The highest BCUT2D eigenvalue weighted by molar-refractivity contribution is 8.00. The monoisotopic (exact) mass is 574 g/mol. The second-order valence-electron chi connectivity index (χ2n) is 10.6. The first-order chi connectivity index (χ1) is 18.5. The van der Waals surface area contributed by atoms with Gasteiger partial charge >= 0.3 is 0 Å². The summed E-state index contributed by atoms with van der Waals surface area (Å²) in [5, 5.41) is 4.75. The van der Waals surface area contributed by atoms with Gasteiger partial charge in [-0.3, -0.25) is 14.5 Å². The Balaban J connectivity index is 1.75. The van der Waals surface area contributed by atoms with Crippen molar-refractivity contribution in [3.8, 4) is 5.69 Å². The van der Waals surface area contributed by atoms with Crippen LogP contribution in [0, 0.1) is 11.6 Å². The molecule has 0 bridgehead atoms. The Labute approximate surface area is 235 Å². The summed E-state index contributed by atoms with van der Waals surface area (Å²) >= 11 is 7.57. The molecule has 2 amide bonds. The van der Waals surface area contributed by atoms with Crippen molar-refractivity contribution in [2.24, 2.45) is 0 Å². The van der Waals surface area contributed by atoms with Crippen molar-refractivity contribution in [3.05, 3.63) is 75.9 Å². The van der Waals surface area contributed by atoms with Crippen molar-refractivity contribution in [3.63, 3.8) is 0 Å². The Kier molecular flexibility index (Phi) is 7.72. The molecule has 1 fully saturated rings. The first-order valence-corrected chi connectivity index (χ1v) is 14.1. The average Bonchev–Trinajstić information content (AvgIpc) is 3.23. The van der Waals surface area contributed by atoms with Gasteiger partial charge < -0.3 is 9.64 Å². The third kappa shape index (κ3) is 5.55. The first-order valence-electron chi connectivity index (χ1n) is 12.7. The molecular weight excluding hydrogens is 546 g/mol. The minimum Gasteiger partial charge on any atom is -0.378 e. The molecule has 5 rings (SSSR count). The van der Waals surface area contributed by atoms with E-state index in [0.29, 0.717) is 54.1 Å². The number of fused-ring (bicyclic) bond motifs is 1. The lowest BCUT2D eigenvalue weighted by atomic mass is 9.87. The van der Waals surface area contributed by atoms with Crippen LogP contribution in [0.25, 0.3) is 5.69 Å². The zero-order valence-corrected chi connectivity index (χ0v) is 23.5. The maximum absolute atomic E-state index is 15.3. The Morgan fingerprint density at radius 1 is 1.15 bits per heavy atom. The number of halogens is 3. The number of thioether (sulfide) groups is 1. The number of hydrogen-bond donors (Lipinski definition) is 0. The molecule has 206 valence electrons. The fourth-order valence-corrected chi connectivity index (χ4v) is 6.27. The molecule has 11 heteroatoms. The molecule has 0 spiro atoms. The number of carbonyl (C=O) groups excluding carboxylic acids is 2. The van der Waals surface area contributed by atoms with Crippen LogP contribution in [0.5, 0.6) is 0 Å². The van der Waals surface area contributed by atoms with Crippen LogP contribution in [0.15, 0.2) is 42.5 Å². The Hall–Kier alpha value is -2.95. The number of amides is 2. The molecule has 0 radical (unpaired) electrons. The SMILES string of the molecule is CC(C)(C)c1nn(-c2cccc(Cl)c2)c2c1C(c1ccc(F)cc1F)SCC(=O)N2CC(=O)N1CCOCC1. The lowest BCUT2D eigenvalue weighted by molar-refractivity contribution is -0.134. The highest BCUT2D eigenvalue weighted by atomic mass is 35.5. The van der Waals surface area contributed by atoms with E-state index in [0.717, 1.165) is 6.07 Å². The second kappa shape index (κ2) is 10.9. The van der Waals surface area contributed by atoms with Gasteiger partial charge in [0.25, 0.3) is 0 Å². The number of morpholine rings is 1. The number of ether oxygens (including phenoxy) is 1. The third-order valence-corrected chi connectivity index (χ3v) is 8.23. The van der Waals surface area contributed by atoms with Crippen molar-refractivity contribution < 1.29 is 23.1 Å². The number of nitrogens with zero attached hydrogens (tertiary/aromatic N) is 4. The lowest BCUT2D eigenvalue weighted by Crippen LogP contribution is -2.48. The fraction of sp³-hybridized carbons (Fsp3) is 0.393. The molecule has 0 aliphatic carbocycles. The highest BCUT2D eigenvalue weighted by Crippen LogP contribution is 2.49. The van der Waals surface area contributed by atoms with Crippen LogP contribution in [-0.4, -0.2) is 65.1 Å². The van der Waals surface area contributed by atoms with Gasteiger partial charge in [0.05, 0.1) is 35.6 Å². The van der Waals surface area contributed by atoms with Gasteiger partial charge in [-0.05, 0) is 24.3 Å². The molecule has 2 aliphatic rings. The number of hydrogen-bond acceptors (Lipinski definition) is 5. The third-order valence-electron chi connectivity index (χ3n) is 6.75. The standard InChI is InChI=1S/C28H29ClF2N4O3S/c1-28(2,3)26-24-25(20-8-7-18(30)14-21(20)31)39-16-23(37)34(15-22(36)33-9-11-38-12-10-33)27(24)35(32-26)19-6-4-5-17(29)13-19/h4-8,13-14,25H,9-12,15-16H2,1-3H3. The van der Waals surface area contributed by atoms with Crippen molar-refractivity contribution in [2.45, 2.75) is 31.4 Å². The summed E-state index contributed by atoms with van der Waals surface area (Å²) in [5.74, 6) is -1.55. The molecule has 39 heavy (non-hydrogen) atoms. The quantitative estimate of drug-likeness (QED) is 0.432. The van der Waals surface area contributed by atoms with Crippen LogP contribution in [0.3, 0.4) is 0 Å². The van der Waals surface area contributed by atoms with Crippen LogP contribution < -0.4 is 4.90 Å². The van der Waals surface area contributed by atoms with Crippen LogP contribution in [0.2, 0.25) is 5.02 Å². The highest BCUT2D eigenvalue weighted by Gasteiger charge is 2.41. The molecular formula is C28H29ClF2N4O3S. The number of anilines is 1. The molecule has 1 atom stereocenters. The first kappa shape index (κ1) is 27.6. The molecule has 0 saturated carbocycles. The van der Waals surface area contributed by atoms with Gasteiger partial charge in [0.2, 0.25) is 11.8 Å². The maximum atomic E-state index is 15.3. The van der Waals surface area contributed by atoms with E-state index in [1.807, 2.05) is 26.8 Å². The largest absolute Gasteiger partial charge is 0.378 e. The van der Waals surface area contributed by atoms with Gasteiger partial charge in [-0.25, -0.2) is 13.5 Å². The molecule has 2 aliphatic heterocycles. The average molecular weight is 575 g/mol. The van der Waals surface area contributed by atoms with Gasteiger partial charge in [0.15, 0.2) is 0 Å². The summed E-state index contributed by atoms with van der Waals surface area (Å²) < 4.78 is 36.1. The summed E-state index contributed by atoms with van der Waals surface area (Å²) in [7, 11) is 0. The number of rotatable bonds is 4. The van der Waals surface area contributed by atoms with E-state index in [-0.39, 0.29) is 29.7 Å². The van der Waals surface area contributed by atoms with Crippen molar-refractivity contribution >= 4 is 41.0 Å². The Bertz CT molecular complexity index is 1420. The van der Waals surface area contributed by atoms with Crippen molar-refractivity contribution in [1.82, 2.24) is 14.7 Å². The van der Waals surface area contributed by atoms with E-state index in [2.05, 4.69) is 0 Å². The van der Waals surface area contributed by atoms with Crippen LogP contribution in [0.1, 0.15) is 42.8 Å². The predicted octanol–water partition coefficient (Wildman–Crippen LogP) is 5.13.